The summed E-state index contributed by atoms with van der Waals surface area (Å²) >= 11 is 5.06. The minimum Gasteiger partial charge on any atom is -0.462 e. The second kappa shape index (κ2) is 7.96. The van der Waals surface area contributed by atoms with Crippen LogP contribution in [-0.2, 0) is 42.9 Å². The Morgan fingerprint density at radius 3 is 2.27 bits per heavy atom. The van der Waals surface area contributed by atoms with E-state index in [4.69, 9.17) is 35.9 Å². The third-order valence-electron chi connectivity index (χ3n) is 3.72. The van der Waals surface area contributed by atoms with Crippen molar-refractivity contribution < 1.29 is 42.9 Å². The second-order valence-corrected chi connectivity index (χ2v) is 6.11. The molecule has 1 amide bonds. The number of thiocarbonyl (C=S) groups is 1. The third kappa shape index (κ3) is 4.28. The van der Waals surface area contributed by atoms with Gasteiger partial charge in [-0.3, -0.25) is 24.1 Å². The largest absolute Gasteiger partial charge is 0.462 e. The maximum absolute atomic E-state index is 12.0. The van der Waals surface area contributed by atoms with E-state index < -0.39 is 54.5 Å². The Hall–Kier alpha value is -2.27. The lowest BCUT2D eigenvalue weighted by molar-refractivity contribution is -0.199. The fourth-order valence-electron chi connectivity index (χ4n) is 2.89. The van der Waals surface area contributed by atoms with Crippen LogP contribution < -0.4 is 0 Å². The normalized spacial score (nSPS) is 28.0. The first kappa shape index (κ1) is 20.0. The lowest BCUT2D eigenvalue weighted by atomic mass is 10.0. The van der Waals surface area contributed by atoms with Crippen LogP contribution in [0.25, 0.3) is 0 Å². The van der Waals surface area contributed by atoms with Gasteiger partial charge in [-0.05, 0) is 12.2 Å². The lowest BCUT2D eigenvalue weighted by Gasteiger charge is -2.29. The molecule has 11 heteroatoms. The van der Waals surface area contributed by atoms with Gasteiger partial charge in [0.05, 0.1) is 0 Å². The minimum absolute atomic E-state index is 0.105. The molecule has 0 aliphatic carbocycles. The molecule has 2 rings (SSSR count). The first-order valence-corrected chi connectivity index (χ1v) is 8.16. The summed E-state index contributed by atoms with van der Waals surface area (Å²) < 4.78 is 26.3. The molecule has 0 aromatic rings. The van der Waals surface area contributed by atoms with E-state index in [-0.39, 0.29) is 11.8 Å². The van der Waals surface area contributed by atoms with Crippen LogP contribution in [0.5, 0.6) is 0 Å². The molecule has 2 heterocycles. The van der Waals surface area contributed by atoms with Crippen molar-refractivity contribution in [1.82, 2.24) is 4.90 Å². The van der Waals surface area contributed by atoms with Gasteiger partial charge in [-0.15, -0.1) is 0 Å². The maximum atomic E-state index is 12.0. The predicted octanol–water partition coefficient (Wildman–Crippen LogP) is -0.330. The molecular formula is C15H19NO9S. The molecule has 0 spiro atoms. The summed E-state index contributed by atoms with van der Waals surface area (Å²) in [6.07, 6.45) is -4.11. The highest BCUT2D eigenvalue weighted by atomic mass is 32.1. The van der Waals surface area contributed by atoms with Gasteiger partial charge in [0.2, 0.25) is 12.2 Å². The number of amides is 1. The van der Waals surface area contributed by atoms with Crippen LogP contribution in [-0.4, -0.2) is 71.1 Å². The highest BCUT2D eigenvalue weighted by Gasteiger charge is 2.60. The molecule has 2 saturated heterocycles. The minimum atomic E-state index is -1.17. The Morgan fingerprint density at radius 2 is 1.77 bits per heavy atom. The van der Waals surface area contributed by atoms with E-state index >= 15 is 0 Å². The highest BCUT2D eigenvalue weighted by Crippen LogP contribution is 2.37. The predicted molar refractivity (Wildman–Crippen MR) is 86.4 cm³/mol. The zero-order chi connectivity index (χ0) is 19.6. The van der Waals surface area contributed by atoms with Gasteiger partial charge in [0.25, 0.3) is 5.17 Å². The number of carbonyl (C=O) groups excluding carboxylic acids is 4. The lowest BCUT2D eigenvalue weighted by Crippen LogP contribution is -2.51. The summed E-state index contributed by atoms with van der Waals surface area (Å²) in [5.74, 6) is -2.29. The Bertz CT molecular complexity index is 637. The Kier molecular flexibility index (Phi) is 6.13. The van der Waals surface area contributed by atoms with Gasteiger partial charge in [-0.25, -0.2) is 0 Å². The van der Waals surface area contributed by atoms with Crippen molar-refractivity contribution in [3.8, 4) is 0 Å². The zero-order valence-electron chi connectivity index (χ0n) is 14.6. The number of ether oxygens (including phenoxy) is 5. The standard InChI is InChI=1S/C15H19NO9S/c1-6(17)16-11-12(10(22-8(3)19)5-21-7(2)18)24-14(23-9(4)20)13(11)25-15(16)26/h10-14H,5H2,1-4H3/t10-,11-,12-,13-,14-/m1/s1. The summed E-state index contributed by atoms with van der Waals surface area (Å²) in [6.45, 7) is 4.52. The fraction of sp³-hybridized carbons (Fsp3) is 0.667. The molecule has 0 N–H and O–H groups in total. The van der Waals surface area contributed by atoms with Gasteiger partial charge in [0, 0.05) is 27.7 Å². The fourth-order valence-corrected chi connectivity index (χ4v) is 3.25. The molecule has 144 valence electrons. The van der Waals surface area contributed by atoms with Crippen LogP contribution in [0.3, 0.4) is 0 Å². The number of esters is 3. The average Bonchev–Trinajstić information content (AvgIpc) is 2.99. The molecule has 0 saturated carbocycles. The van der Waals surface area contributed by atoms with Crippen molar-refractivity contribution in [2.24, 2.45) is 0 Å². The number of fused-ring (bicyclic) bond motifs is 1. The molecule has 2 fully saturated rings. The summed E-state index contributed by atoms with van der Waals surface area (Å²) in [7, 11) is 0. The number of carbonyl (C=O) groups is 4. The van der Waals surface area contributed by atoms with Crippen molar-refractivity contribution >= 4 is 41.2 Å². The van der Waals surface area contributed by atoms with Crippen LogP contribution >= 0.6 is 12.2 Å². The topological polar surface area (TPSA) is 118 Å². The number of rotatable bonds is 5. The zero-order valence-corrected chi connectivity index (χ0v) is 15.4. The van der Waals surface area contributed by atoms with Gasteiger partial charge >= 0.3 is 17.9 Å². The molecule has 0 bridgehead atoms. The Morgan fingerprint density at radius 1 is 1.12 bits per heavy atom. The third-order valence-corrected chi connectivity index (χ3v) is 4.01. The van der Waals surface area contributed by atoms with Crippen LogP contribution in [0.1, 0.15) is 27.7 Å². The first-order chi connectivity index (χ1) is 12.1. The van der Waals surface area contributed by atoms with Gasteiger partial charge in [0.15, 0.2) is 12.2 Å². The maximum Gasteiger partial charge on any atom is 0.305 e. The molecule has 5 atom stereocenters. The van der Waals surface area contributed by atoms with Crippen molar-refractivity contribution in [3.05, 3.63) is 0 Å². The summed E-state index contributed by atoms with van der Waals surface area (Å²) in [4.78, 5) is 47.1. The van der Waals surface area contributed by atoms with Crippen molar-refractivity contribution in [1.29, 1.82) is 0 Å². The van der Waals surface area contributed by atoms with E-state index in [1.807, 2.05) is 0 Å². The summed E-state index contributed by atoms with van der Waals surface area (Å²) in [5.41, 5.74) is 0. The van der Waals surface area contributed by atoms with E-state index in [1.165, 1.54) is 32.6 Å². The second-order valence-electron chi connectivity index (χ2n) is 5.76. The number of hydrogen-bond acceptors (Lipinski definition) is 10. The number of hydrogen-bond donors (Lipinski definition) is 0. The Labute approximate surface area is 154 Å². The van der Waals surface area contributed by atoms with Crippen LogP contribution in [0.2, 0.25) is 0 Å². The van der Waals surface area contributed by atoms with E-state index in [0.29, 0.717) is 0 Å². The monoisotopic (exact) mass is 389 g/mol. The molecule has 0 radical (unpaired) electrons. The quantitative estimate of drug-likeness (QED) is 0.351. The first-order valence-electron chi connectivity index (χ1n) is 7.75. The van der Waals surface area contributed by atoms with E-state index in [2.05, 4.69) is 0 Å². The van der Waals surface area contributed by atoms with Gasteiger partial charge in [0.1, 0.15) is 18.8 Å². The molecule has 0 aromatic carbocycles. The molecule has 10 nitrogen and oxygen atoms in total. The summed E-state index contributed by atoms with van der Waals surface area (Å²) in [5, 5.41) is -0.105. The SMILES string of the molecule is CC(=O)OC[C@@H](OC(C)=O)[C@H]1O[C@@H](OC(C)=O)[C@@H]2OC(=S)N(C(C)=O)[C@@H]21. The smallest absolute Gasteiger partial charge is 0.305 e. The van der Waals surface area contributed by atoms with Gasteiger partial charge < -0.3 is 23.7 Å². The van der Waals surface area contributed by atoms with E-state index in [9.17, 15) is 19.2 Å². The number of nitrogens with zero attached hydrogens (tertiary/aromatic N) is 1. The summed E-state index contributed by atoms with van der Waals surface area (Å²) in [6, 6.07) is -0.816. The molecular weight excluding hydrogens is 370 g/mol. The average molecular weight is 389 g/mol. The molecule has 0 aromatic heterocycles. The van der Waals surface area contributed by atoms with Crippen molar-refractivity contribution in [2.45, 2.75) is 58.3 Å². The van der Waals surface area contributed by atoms with E-state index in [0.717, 1.165) is 0 Å². The highest BCUT2D eigenvalue weighted by molar-refractivity contribution is 7.80. The molecule has 2 aliphatic heterocycles. The van der Waals surface area contributed by atoms with Gasteiger partial charge in [-0.1, -0.05) is 0 Å². The van der Waals surface area contributed by atoms with Crippen molar-refractivity contribution in [2.75, 3.05) is 6.61 Å². The van der Waals surface area contributed by atoms with E-state index in [1.54, 1.807) is 0 Å². The van der Waals surface area contributed by atoms with Crippen LogP contribution in [0.4, 0.5) is 0 Å². The van der Waals surface area contributed by atoms with Gasteiger partial charge in [-0.2, -0.15) is 0 Å². The Balaban J connectivity index is 2.33. The van der Waals surface area contributed by atoms with Crippen LogP contribution in [0.15, 0.2) is 0 Å². The van der Waals surface area contributed by atoms with Crippen LogP contribution in [0, 0.1) is 0 Å². The molecule has 0 unspecified atom stereocenters. The molecule has 2 aliphatic rings. The van der Waals surface area contributed by atoms with Crippen molar-refractivity contribution in [3.63, 3.8) is 0 Å². The molecule has 26 heavy (non-hydrogen) atoms.